The van der Waals surface area contributed by atoms with E-state index in [0.29, 0.717) is 18.0 Å². The Kier molecular flexibility index (Phi) is 9.18. The highest BCUT2D eigenvalue weighted by atomic mass is 35.5. The number of aryl methyl sites for hydroxylation is 1. The van der Waals surface area contributed by atoms with Gasteiger partial charge in [0.1, 0.15) is 6.04 Å². The number of nitrogens with zero attached hydrogens (tertiary/aromatic N) is 1. The second kappa shape index (κ2) is 12.7. The molecule has 3 aromatic carbocycles. The zero-order valence-corrected chi connectivity index (χ0v) is 21.7. The SMILES string of the molecule is Cc1ccccc1CN(C(=O)Cc1cccc(Cl)c1)[C@@H](Cc1ccccc1)C(=O)NC1CCCCC1. The Morgan fingerprint density at radius 3 is 2.33 bits per heavy atom. The molecule has 0 saturated heterocycles. The number of carbonyl (C=O) groups excluding carboxylic acids is 2. The molecule has 0 unspecified atom stereocenters. The van der Waals surface area contributed by atoms with Crippen molar-refractivity contribution in [3.63, 3.8) is 0 Å². The largest absolute Gasteiger partial charge is 0.352 e. The molecule has 0 heterocycles. The summed E-state index contributed by atoms with van der Waals surface area (Å²) in [6, 6.07) is 25.0. The fourth-order valence-electron chi connectivity index (χ4n) is 4.99. The molecule has 2 amide bonds. The van der Waals surface area contributed by atoms with Gasteiger partial charge in [0, 0.05) is 24.0 Å². The van der Waals surface area contributed by atoms with Crippen LogP contribution in [0.15, 0.2) is 78.9 Å². The van der Waals surface area contributed by atoms with Crippen molar-refractivity contribution in [2.45, 2.75) is 70.5 Å². The molecule has 0 aliphatic heterocycles. The first-order chi connectivity index (χ1) is 17.5. The third-order valence-electron chi connectivity index (χ3n) is 7.07. The van der Waals surface area contributed by atoms with Crippen LogP contribution in [0.25, 0.3) is 0 Å². The lowest BCUT2D eigenvalue weighted by Gasteiger charge is -2.34. The second-order valence-electron chi connectivity index (χ2n) is 9.80. The number of hydrogen-bond acceptors (Lipinski definition) is 2. The lowest BCUT2D eigenvalue weighted by atomic mass is 9.94. The van der Waals surface area contributed by atoms with Crippen molar-refractivity contribution in [1.29, 1.82) is 0 Å². The monoisotopic (exact) mass is 502 g/mol. The Balaban J connectivity index is 1.66. The van der Waals surface area contributed by atoms with Gasteiger partial charge in [-0.25, -0.2) is 0 Å². The molecule has 4 nitrogen and oxygen atoms in total. The molecule has 0 aromatic heterocycles. The highest BCUT2D eigenvalue weighted by Crippen LogP contribution is 2.21. The summed E-state index contributed by atoms with van der Waals surface area (Å²) in [4.78, 5) is 29.5. The van der Waals surface area contributed by atoms with Gasteiger partial charge in [0.15, 0.2) is 0 Å². The molecular weight excluding hydrogens is 468 g/mol. The molecule has 3 aromatic rings. The van der Waals surface area contributed by atoms with Crippen LogP contribution in [0.3, 0.4) is 0 Å². The van der Waals surface area contributed by atoms with Crippen LogP contribution < -0.4 is 5.32 Å². The predicted molar refractivity (Wildman–Crippen MR) is 146 cm³/mol. The van der Waals surface area contributed by atoms with Gasteiger partial charge in [-0.15, -0.1) is 0 Å². The quantitative estimate of drug-likeness (QED) is 0.374. The Hall–Kier alpha value is -3.11. The Morgan fingerprint density at radius 2 is 1.61 bits per heavy atom. The van der Waals surface area contributed by atoms with Crippen molar-refractivity contribution < 1.29 is 9.59 Å². The predicted octanol–water partition coefficient (Wildman–Crippen LogP) is 6.28. The molecule has 1 fully saturated rings. The summed E-state index contributed by atoms with van der Waals surface area (Å²) in [5.41, 5.74) is 4.02. The minimum atomic E-state index is -0.611. The van der Waals surface area contributed by atoms with E-state index >= 15 is 0 Å². The molecule has 1 atom stereocenters. The van der Waals surface area contributed by atoms with Crippen LogP contribution in [0, 0.1) is 6.92 Å². The Morgan fingerprint density at radius 1 is 0.917 bits per heavy atom. The summed E-state index contributed by atoms with van der Waals surface area (Å²) in [7, 11) is 0. The molecule has 1 aliphatic carbocycles. The maximum Gasteiger partial charge on any atom is 0.243 e. The number of halogens is 1. The van der Waals surface area contributed by atoms with Crippen LogP contribution in [0.1, 0.15) is 54.4 Å². The van der Waals surface area contributed by atoms with E-state index in [9.17, 15) is 9.59 Å². The zero-order chi connectivity index (χ0) is 25.3. The number of rotatable bonds is 9. The minimum Gasteiger partial charge on any atom is -0.352 e. The molecule has 0 radical (unpaired) electrons. The molecule has 1 aliphatic rings. The number of hydrogen-bond donors (Lipinski definition) is 1. The first-order valence-corrected chi connectivity index (χ1v) is 13.3. The van der Waals surface area contributed by atoms with Crippen LogP contribution in [0.4, 0.5) is 0 Å². The van der Waals surface area contributed by atoms with Gasteiger partial charge in [-0.3, -0.25) is 9.59 Å². The molecule has 0 spiro atoms. The standard InChI is InChI=1S/C31H35ClN2O2/c1-23-11-8-9-15-26(23)22-34(30(35)21-25-14-10-16-27(32)19-25)29(20-24-12-4-2-5-13-24)31(36)33-28-17-6-3-7-18-28/h2,4-5,8-16,19,28-29H,3,6-7,17-18,20-22H2,1H3,(H,33,36)/t29-/m0/s1. The van der Waals surface area contributed by atoms with Crippen LogP contribution >= 0.6 is 11.6 Å². The van der Waals surface area contributed by atoms with Crippen molar-refractivity contribution in [2.75, 3.05) is 0 Å². The van der Waals surface area contributed by atoms with Gasteiger partial charge in [-0.05, 0) is 54.2 Å². The summed E-state index contributed by atoms with van der Waals surface area (Å²) < 4.78 is 0. The van der Waals surface area contributed by atoms with E-state index in [1.807, 2.05) is 79.7 Å². The number of nitrogens with one attached hydrogen (secondary N) is 1. The van der Waals surface area contributed by atoms with E-state index < -0.39 is 6.04 Å². The van der Waals surface area contributed by atoms with Crippen LogP contribution in [0.2, 0.25) is 5.02 Å². The first kappa shape index (κ1) is 26.0. The van der Waals surface area contributed by atoms with E-state index in [0.717, 1.165) is 47.9 Å². The highest BCUT2D eigenvalue weighted by molar-refractivity contribution is 6.30. The fourth-order valence-corrected chi connectivity index (χ4v) is 5.21. The minimum absolute atomic E-state index is 0.0706. The summed E-state index contributed by atoms with van der Waals surface area (Å²) in [6.07, 6.45) is 6.14. The van der Waals surface area contributed by atoms with Crippen LogP contribution in [-0.4, -0.2) is 28.8 Å². The maximum absolute atomic E-state index is 13.9. The summed E-state index contributed by atoms with van der Waals surface area (Å²) in [6.45, 7) is 2.42. The Labute approximate surface area is 219 Å². The molecule has 4 rings (SSSR count). The lowest BCUT2D eigenvalue weighted by molar-refractivity contribution is -0.141. The van der Waals surface area contributed by atoms with Gasteiger partial charge < -0.3 is 10.2 Å². The van der Waals surface area contributed by atoms with Crippen molar-refractivity contribution in [3.8, 4) is 0 Å². The Bertz CT molecular complexity index is 1160. The molecule has 36 heavy (non-hydrogen) atoms. The lowest BCUT2D eigenvalue weighted by Crippen LogP contribution is -2.53. The topological polar surface area (TPSA) is 49.4 Å². The normalized spacial score (nSPS) is 14.7. The fraction of sp³-hybridized carbons (Fsp3) is 0.355. The van der Waals surface area contributed by atoms with Crippen molar-refractivity contribution in [3.05, 3.63) is 106 Å². The van der Waals surface area contributed by atoms with Gasteiger partial charge in [0.05, 0.1) is 6.42 Å². The van der Waals surface area contributed by atoms with Crippen molar-refractivity contribution in [2.24, 2.45) is 0 Å². The third kappa shape index (κ3) is 7.20. The third-order valence-corrected chi connectivity index (χ3v) is 7.30. The summed E-state index contributed by atoms with van der Waals surface area (Å²) in [5, 5.41) is 3.89. The second-order valence-corrected chi connectivity index (χ2v) is 10.2. The molecule has 5 heteroatoms. The van der Waals surface area contributed by atoms with E-state index in [1.54, 1.807) is 11.0 Å². The van der Waals surface area contributed by atoms with E-state index in [1.165, 1.54) is 6.42 Å². The smallest absolute Gasteiger partial charge is 0.243 e. The van der Waals surface area contributed by atoms with Gasteiger partial charge >= 0.3 is 0 Å². The highest BCUT2D eigenvalue weighted by Gasteiger charge is 2.32. The first-order valence-electron chi connectivity index (χ1n) is 12.9. The van der Waals surface area contributed by atoms with Crippen molar-refractivity contribution >= 4 is 23.4 Å². The van der Waals surface area contributed by atoms with Crippen molar-refractivity contribution in [1.82, 2.24) is 10.2 Å². The molecule has 1 N–H and O–H groups in total. The van der Waals surface area contributed by atoms with E-state index in [4.69, 9.17) is 11.6 Å². The van der Waals surface area contributed by atoms with E-state index in [-0.39, 0.29) is 24.3 Å². The molecular formula is C31H35ClN2O2. The number of carbonyl (C=O) groups is 2. The number of benzene rings is 3. The van der Waals surface area contributed by atoms with Gasteiger partial charge in [0.2, 0.25) is 11.8 Å². The molecule has 188 valence electrons. The van der Waals surface area contributed by atoms with E-state index in [2.05, 4.69) is 5.32 Å². The number of amides is 2. The van der Waals surface area contributed by atoms with Crippen LogP contribution in [-0.2, 0) is 29.0 Å². The van der Waals surface area contributed by atoms with Gasteiger partial charge in [0.25, 0.3) is 0 Å². The summed E-state index contributed by atoms with van der Waals surface area (Å²) >= 11 is 6.20. The summed E-state index contributed by atoms with van der Waals surface area (Å²) in [5.74, 6) is -0.154. The zero-order valence-electron chi connectivity index (χ0n) is 21.0. The molecule has 0 bridgehead atoms. The average Bonchev–Trinajstić information content (AvgIpc) is 2.88. The van der Waals surface area contributed by atoms with Gasteiger partial charge in [-0.1, -0.05) is 97.6 Å². The average molecular weight is 503 g/mol. The maximum atomic E-state index is 13.9. The molecule has 1 saturated carbocycles. The van der Waals surface area contributed by atoms with Gasteiger partial charge in [-0.2, -0.15) is 0 Å². The van der Waals surface area contributed by atoms with Crippen LogP contribution in [0.5, 0.6) is 0 Å².